The van der Waals surface area contributed by atoms with Gasteiger partial charge in [-0.1, -0.05) is 18.2 Å². The fraction of sp³-hybridized carbons (Fsp3) is 0.0556. The zero-order valence-corrected chi connectivity index (χ0v) is 11.5. The largest absolute Gasteiger partial charge is 0.316 e. The van der Waals surface area contributed by atoms with Crippen molar-refractivity contribution in [1.82, 2.24) is 9.55 Å². The molecule has 2 heterocycles. The van der Waals surface area contributed by atoms with E-state index in [1.165, 1.54) is 6.07 Å². The molecule has 21 heavy (non-hydrogen) atoms. The van der Waals surface area contributed by atoms with Gasteiger partial charge < -0.3 is 4.57 Å². The first kappa shape index (κ1) is 12.1. The number of benzene rings is 2. The van der Waals surface area contributed by atoms with Crippen LogP contribution >= 0.6 is 0 Å². The molecule has 0 N–H and O–H groups in total. The summed E-state index contributed by atoms with van der Waals surface area (Å²) in [4.78, 5) is 4.48. The molecule has 0 aliphatic rings. The summed E-state index contributed by atoms with van der Waals surface area (Å²) in [7, 11) is 0. The molecule has 0 fully saturated rings. The highest BCUT2D eigenvalue weighted by Crippen LogP contribution is 2.28. The molecule has 4 rings (SSSR count). The van der Waals surface area contributed by atoms with Crippen LogP contribution in [0.2, 0.25) is 0 Å². The van der Waals surface area contributed by atoms with Crippen molar-refractivity contribution in [3.05, 3.63) is 72.3 Å². The Balaban J connectivity index is 2.12. The van der Waals surface area contributed by atoms with Gasteiger partial charge in [0.15, 0.2) is 0 Å². The van der Waals surface area contributed by atoms with E-state index in [-0.39, 0.29) is 5.82 Å². The van der Waals surface area contributed by atoms with Gasteiger partial charge in [0.2, 0.25) is 0 Å². The van der Waals surface area contributed by atoms with Crippen LogP contribution in [0, 0.1) is 12.7 Å². The van der Waals surface area contributed by atoms with Crippen LogP contribution in [-0.2, 0) is 0 Å². The predicted molar refractivity (Wildman–Crippen MR) is 83.3 cm³/mol. The average molecular weight is 276 g/mol. The Morgan fingerprint density at radius 3 is 2.76 bits per heavy atom. The zero-order valence-electron chi connectivity index (χ0n) is 11.5. The van der Waals surface area contributed by atoms with Crippen LogP contribution in [0.5, 0.6) is 0 Å². The Bertz CT molecular complexity index is 969. The third-order valence-electron chi connectivity index (χ3n) is 3.84. The van der Waals surface area contributed by atoms with E-state index < -0.39 is 0 Å². The molecule has 0 atom stereocenters. The van der Waals surface area contributed by atoms with E-state index in [2.05, 4.69) is 15.6 Å². The van der Waals surface area contributed by atoms with E-state index in [0.29, 0.717) is 0 Å². The van der Waals surface area contributed by atoms with E-state index in [4.69, 9.17) is 0 Å². The van der Waals surface area contributed by atoms with Gasteiger partial charge in [0.25, 0.3) is 0 Å². The topological polar surface area (TPSA) is 17.8 Å². The lowest BCUT2D eigenvalue weighted by Crippen LogP contribution is -1.96. The molecule has 3 heteroatoms. The van der Waals surface area contributed by atoms with Crippen molar-refractivity contribution in [2.75, 3.05) is 0 Å². The Morgan fingerprint density at radius 2 is 1.90 bits per heavy atom. The number of fused-ring (bicyclic) bond motifs is 3. The highest BCUT2D eigenvalue weighted by Gasteiger charge is 2.10. The summed E-state index contributed by atoms with van der Waals surface area (Å²) in [6.45, 7) is 1.92. The van der Waals surface area contributed by atoms with Gasteiger partial charge in [-0.2, -0.15) is 0 Å². The van der Waals surface area contributed by atoms with Gasteiger partial charge in [-0.3, -0.25) is 4.98 Å². The number of halogens is 1. The number of aromatic nitrogens is 2. The van der Waals surface area contributed by atoms with Crippen LogP contribution in [-0.4, -0.2) is 9.55 Å². The molecule has 102 valence electrons. The maximum Gasteiger partial charge on any atom is 0.123 e. The molecule has 4 aromatic rings. The SMILES string of the molecule is Cc1cc(F)ccc1-n1ccc2cnc3ccccc3c21. The molecule has 0 aliphatic heterocycles. The number of hydrogen-bond donors (Lipinski definition) is 0. The molecule has 2 nitrogen and oxygen atoms in total. The van der Waals surface area contributed by atoms with Gasteiger partial charge in [0, 0.05) is 28.9 Å². The van der Waals surface area contributed by atoms with Gasteiger partial charge in [-0.05, 0) is 42.8 Å². The minimum atomic E-state index is -0.209. The summed E-state index contributed by atoms with van der Waals surface area (Å²) in [6.07, 6.45) is 3.89. The lowest BCUT2D eigenvalue weighted by Gasteiger charge is -2.10. The number of nitrogens with zero attached hydrogens (tertiary/aromatic N) is 2. The van der Waals surface area contributed by atoms with Crippen molar-refractivity contribution in [3.8, 4) is 5.69 Å². The first-order chi connectivity index (χ1) is 10.2. The molecule has 2 aromatic carbocycles. The molecule has 0 unspecified atom stereocenters. The molecular formula is C18H13FN2. The summed E-state index contributed by atoms with van der Waals surface area (Å²) in [5.74, 6) is -0.209. The van der Waals surface area contributed by atoms with Crippen LogP contribution in [0.25, 0.3) is 27.5 Å². The second kappa shape index (κ2) is 4.42. The van der Waals surface area contributed by atoms with Gasteiger partial charge >= 0.3 is 0 Å². The van der Waals surface area contributed by atoms with E-state index in [0.717, 1.165) is 33.1 Å². The molecule has 0 saturated heterocycles. The van der Waals surface area contributed by atoms with Crippen molar-refractivity contribution >= 4 is 21.8 Å². The summed E-state index contributed by atoms with van der Waals surface area (Å²) in [5, 5.41) is 2.18. The molecule has 0 radical (unpaired) electrons. The van der Waals surface area contributed by atoms with Crippen molar-refractivity contribution in [3.63, 3.8) is 0 Å². The van der Waals surface area contributed by atoms with Crippen LogP contribution in [0.3, 0.4) is 0 Å². The number of hydrogen-bond acceptors (Lipinski definition) is 1. The fourth-order valence-corrected chi connectivity index (χ4v) is 2.85. The standard InChI is InChI=1S/C18H13FN2/c1-12-10-14(19)6-7-17(12)21-9-8-13-11-20-16-5-3-2-4-15(16)18(13)21/h2-11H,1H3. The summed E-state index contributed by atoms with van der Waals surface area (Å²) in [5.41, 5.74) is 3.97. The first-order valence-electron chi connectivity index (χ1n) is 6.85. The highest BCUT2D eigenvalue weighted by molar-refractivity contribution is 6.04. The molecule has 0 bridgehead atoms. The molecule has 0 saturated carbocycles. The van der Waals surface area contributed by atoms with Crippen LogP contribution < -0.4 is 0 Å². The van der Waals surface area contributed by atoms with E-state index in [9.17, 15) is 4.39 Å². The van der Waals surface area contributed by atoms with Gasteiger partial charge in [0.1, 0.15) is 5.82 Å². The normalized spacial score (nSPS) is 11.3. The number of pyridine rings is 1. The predicted octanol–water partition coefficient (Wildman–Crippen LogP) is 4.63. The first-order valence-corrected chi connectivity index (χ1v) is 6.85. The number of aryl methyl sites for hydroxylation is 1. The molecule has 0 spiro atoms. The minimum Gasteiger partial charge on any atom is -0.316 e. The van der Waals surface area contributed by atoms with Crippen LogP contribution in [0.15, 0.2) is 60.9 Å². The number of rotatable bonds is 1. The number of para-hydroxylation sites is 1. The third kappa shape index (κ3) is 1.82. The van der Waals surface area contributed by atoms with Crippen molar-refractivity contribution in [2.45, 2.75) is 6.92 Å². The molecule has 0 amide bonds. The second-order valence-electron chi connectivity index (χ2n) is 5.20. The monoisotopic (exact) mass is 276 g/mol. The van der Waals surface area contributed by atoms with Crippen molar-refractivity contribution < 1.29 is 4.39 Å². The zero-order chi connectivity index (χ0) is 14.4. The summed E-state index contributed by atoms with van der Waals surface area (Å²) in [6, 6.07) is 15.0. The smallest absolute Gasteiger partial charge is 0.123 e. The third-order valence-corrected chi connectivity index (χ3v) is 3.84. The Morgan fingerprint density at radius 1 is 1.05 bits per heavy atom. The maximum absolute atomic E-state index is 13.3. The Labute approximate surface area is 121 Å². The lowest BCUT2D eigenvalue weighted by molar-refractivity contribution is 0.626. The van der Waals surface area contributed by atoms with Gasteiger partial charge in [0.05, 0.1) is 11.0 Å². The summed E-state index contributed by atoms with van der Waals surface area (Å²) >= 11 is 0. The van der Waals surface area contributed by atoms with Crippen LogP contribution in [0.1, 0.15) is 5.56 Å². The van der Waals surface area contributed by atoms with Crippen molar-refractivity contribution in [1.29, 1.82) is 0 Å². The van der Waals surface area contributed by atoms with E-state index in [1.807, 2.05) is 49.6 Å². The minimum absolute atomic E-state index is 0.209. The van der Waals surface area contributed by atoms with Crippen LogP contribution in [0.4, 0.5) is 4.39 Å². The molecular weight excluding hydrogens is 263 g/mol. The lowest BCUT2D eigenvalue weighted by atomic mass is 10.1. The summed E-state index contributed by atoms with van der Waals surface area (Å²) < 4.78 is 15.4. The Kier molecular flexibility index (Phi) is 2.54. The average Bonchev–Trinajstić information content (AvgIpc) is 2.91. The molecule has 2 aromatic heterocycles. The highest BCUT2D eigenvalue weighted by atomic mass is 19.1. The quantitative estimate of drug-likeness (QED) is 0.496. The molecule has 0 aliphatic carbocycles. The van der Waals surface area contributed by atoms with E-state index in [1.54, 1.807) is 6.07 Å². The Hall–Kier alpha value is -2.68. The fourth-order valence-electron chi connectivity index (χ4n) is 2.85. The second-order valence-corrected chi connectivity index (χ2v) is 5.20. The van der Waals surface area contributed by atoms with Crippen molar-refractivity contribution in [2.24, 2.45) is 0 Å². The van der Waals surface area contributed by atoms with E-state index >= 15 is 0 Å². The van der Waals surface area contributed by atoms with Gasteiger partial charge in [-0.15, -0.1) is 0 Å². The van der Waals surface area contributed by atoms with Gasteiger partial charge in [-0.25, -0.2) is 4.39 Å². The maximum atomic E-state index is 13.3.